The van der Waals surface area contributed by atoms with Gasteiger partial charge in [0.25, 0.3) is 0 Å². The standard InChI is InChI=1S/C16H24N2O2/c1-15(2)13(14(19)16(3,4)20-15)11-18(5)10-12-6-8-17-9-7-12/h6-9,13H,10-11H2,1-5H3. The van der Waals surface area contributed by atoms with E-state index >= 15 is 0 Å². The van der Waals surface area contributed by atoms with E-state index in [1.165, 1.54) is 5.56 Å². The van der Waals surface area contributed by atoms with Gasteiger partial charge in [-0.05, 0) is 52.4 Å². The maximum Gasteiger partial charge on any atom is 0.171 e. The first-order valence-corrected chi connectivity index (χ1v) is 7.04. The zero-order valence-electron chi connectivity index (χ0n) is 13.0. The van der Waals surface area contributed by atoms with Gasteiger partial charge in [-0.1, -0.05) is 0 Å². The van der Waals surface area contributed by atoms with Gasteiger partial charge in [-0.3, -0.25) is 9.78 Å². The average Bonchev–Trinajstić information content (AvgIpc) is 2.49. The third-order valence-corrected chi connectivity index (χ3v) is 3.96. The Morgan fingerprint density at radius 1 is 1.25 bits per heavy atom. The van der Waals surface area contributed by atoms with Crippen LogP contribution in [0.15, 0.2) is 24.5 Å². The minimum atomic E-state index is -0.675. The van der Waals surface area contributed by atoms with Crippen LogP contribution in [0.2, 0.25) is 0 Å². The van der Waals surface area contributed by atoms with E-state index in [1.807, 2.05) is 46.9 Å². The molecule has 1 aromatic heterocycles. The molecule has 0 saturated carbocycles. The van der Waals surface area contributed by atoms with Crippen LogP contribution in [0.4, 0.5) is 0 Å². The number of ketones is 1. The molecule has 4 heteroatoms. The Morgan fingerprint density at radius 3 is 2.35 bits per heavy atom. The summed E-state index contributed by atoms with van der Waals surface area (Å²) in [5.74, 6) is 0.105. The summed E-state index contributed by atoms with van der Waals surface area (Å²) in [6.45, 7) is 9.25. The highest BCUT2D eigenvalue weighted by atomic mass is 16.5. The third-order valence-electron chi connectivity index (χ3n) is 3.96. The predicted molar refractivity (Wildman–Crippen MR) is 78.3 cm³/mol. The number of rotatable bonds is 4. The molecule has 1 aliphatic rings. The van der Waals surface area contributed by atoms with Crippen LogP contribution in [0.5, 0.6) is 0 Å². The van der Waals surface area contributed by atoms with Crippen LogP contribution >= 0.6 is 0 Å². The summed E-state index contributed by atoms with van der Waals surface area (Å²) in [4.78, 5) is 18.7. The Morgan fingerprint density at radius 2 is 1.85 bits per heavy atom. The minimum Gasteiger partial charge on any atom is -0.361 e. The van der Waals surface area contributed by atoms with E-state index in [0.29, 0.717) is 6.54 Å². The van der Waals surface area contributed by atoms with Gasteiger partial charge in [0.1, 0.15) is 5.60 Å². The van der Waals surface area contributed by atoms with E-state index in [1.54, 1.807) is 12.4 Å². The van der Waals surface area contributed by atoms with E-state index in [4.69, 9.17) is 4.74 Å². The highest BCUT2D eigenvalue weighted by Crippen LogP contribution is 2.39. The number of hydrogen-bond donors (Lipinski definition) is 0. The summed E-state index contributed by atoms with van der Waals surface area (Å²) in [6, 6.07) is 4.00. The van der Waals surface area contributed by atoms with Gasteiger partial charge in [-0.25, -0.2) is 0 Å². The molecule has 20 heavy (non-hydrogen) atoms. The molecule has 1 aliphatic heterocycles. The lowest BCUT2D eigenvalue weighted by atomic mass is 9.85. The van der Waals surface area contributed by atoms with Gasteiger partial charge in [0.2, 0.25) is 0 Å². The first-order valence-electron chi connectivity index (χ1n) is 7.04. The number of carbonyl (C=O) groups excluding carboxylic acids is 1. The fourth-order valence-electron chi connectivity index (χ4n) is 2.99. The van der Waals surface area contributed by atoms with Crippen molar-refractivity contribution in [1.82, 2.24) is 9.88 Å². The summed E-state index contributed by atoms with van der Waals surface area (Å²) >= 11 is 0. The van der Waals surface area contributed by atoms with Gasteiger partial charge in [0.15, 0.2) is 5.78 Å². The van der Waals surface area contributed by atoms with Crippen molar-refractivity contribution in [2.75, 3.05) is 13.6 Å². The number of ether oxygens (including phenoxy) is 1. The van der Waals surface area contributed by atoms with Crippen molar-refractivity contribution in [3.8, 4) is 0 Å². The normalized spacial score (nSPS) is 24.3. The zero-order chi connectivity index (χ0) is 15.0. The van der Waals surface area contributed by atoms with Crippen molar-refractivity contribution in [3.05, 3.63) is 30.1 Å². The number of Topliss-reactive ketones (excluding diaryl/α,β-unsaturated/α-hetero) is 1. The molecule has 4 nitrogen and oxygen atoms in total. The third kappa shape index (κ3) is 3.07. The minimum absolute atomic E-state index is 0.0932. The summed E-state index contributed by atoms with van der Waals surface area (Å²) < 4.78 is 5.93. The van der Waals surface area contributed by atoms with Crippen LogP contribution in [0.25, 0.3) is 0 Å². The second-order valence-electron chi connectivity index (χ2n) is 6.68. The average molecular weight is 276 g/mol. The van der Waals surface area contributed by atoms with Gasteiger partial charge < -0.3 is 9.64 Å². The molecule has 1 unspecified atom stereocenters. The summed E-state index contributed by atoms with van der Waals surface area (Å²) in [5.41, 5.74) is 0.115. The second kappa shape index (κ2) is 5.26. The summed E-state index contributed by atoms with van der Waals surface area (Å²) in [5, 5.41) is 0. The van der Waals surface area contributed by atoms with Gasteiger partial charge in [0, 0.05) is 25.5 Å². The molecular weight excluding hydrogens is 252 g/mol. The van der Waals surface area contributed by atoms with Crippen LogP contribution in [-0.4, -0.2) is 40.5 Å². The van der Waals surface area contributed by atoms with Gasteiger partial charge in [-0.2, -0.15) is 0 Å². The quantitative estimate of drug-likeness (QED) is 0.846. The van der Waals surface area contributed by atoms with Crippen molar-refractivity contribution >= 4 is 5.78 Å². The molecule has 1 saturated heterocycles. The molecule has 0 bridgehead atoms. The lowest BCUT2D eigenvalue weighted by molar-refractivity contribution is -0.132. The van der Waals surface area contributed by atoms with Crippen molar-refractivity contribution in [2.45, 2.75) is 45.4 Å². The monoisotopic (exact) mass is 276 g/mol. The first-order chi connectivity index (χ1) is 9.22. The molecule has 0 aliphatic carbocycles. The SMILES string of the molecule is CN(Cc1ccncc1)CC1C(=O)C(C)(C)OC1(C)C. The molecule has 0 amide bonds. The van der Waals surface area contributed by atoms with E-state index in [-0.39, 0.29) is 11.7 Å². The van der Waals surface area contributed by atoms with Gasteiger partial charge >= 0.3 is 0 Å². The fraction of sp³-hybridized carbons (Fsp3) is 0.625. The number of nitrogens with zero attached hydrogens (tertiary/aromatic N) is 2. The van der Waals surface area contributed by atoms with Gasteiger partial charge in [0.05, 0.1) is 11.5 Å². The molecule has 0 spiro atoms. The van der Waals surface area contributed by atoms with E-state index in [2.05, 4.69) is 9.88 Å². The molecule has 0 aromatic carbocycles. The number of pyridine rings is 1. The second-order valence-corrected chi connectivity index (χ2v) is 6.68. The number of hydrogen-bond acceptors (Lipinski definition) is 4. The summed E-state index contributed by atoms with van der Waals surface area (Å²) in [7, 11) is 2.04. The lowest BCUT2D eigenvalue weighted by Crippen LogP contribution is -2.39. The lowest BCUT2D eigenvalue weighted by Gasteiger charge is -2.28. The van der Waals surface area contributed by atoms with Crippen molar-refractivity contribution < 1.29 is 9.53 Å². The Balaban J connectivity index is 2.04. The Bertz CT molecular complexity index is 483. The first kappa shape index (κ1) is 15.1. The largest absolute Gasteiger partial charge is 0.361 e. The molecule has 1 atom stereocenters. The maximum atomic E-state index is 12.5. The van der Waals surface area contributed by atoms with Crippen LogP contribution in [0.1, 0.15) is 33.3 Å². The van der Waals surface area contributed by atoms with E-state index in [0.717, 1.165) is 6.54 Å². The van der Waals surface area contributed by atoms with Gasteiger partial charge in [-0.15, -0.1) is 0 Å². The van der Waals surface area contributed by atoms with Crippen molar-refractivity contribution in [1.29, 1.82) is 0 Å². The fourth-order valence-corrected chi connectivity index (χ4v) is 2.99. The molecule has 2 rings (SSSR count). The number of aromatic nitrogens is 1. The molecular formula is C16H24N2O2. The van der Waals surface area contributed by atoms with Crippen LogP contribution in [0.3, 0.4) is 0 Å². The topological polar surface area (TPSA) is 42.4 Å². The Kier molecular flexibility index (Phi) is 3.98. The Labute approximate surface area is 121 Å². The van der Waals surface area contributed by atoms with Crippen LogP contribution in [0, 0.1) is 5.92 Å². The molecule has 110 valence electrons. The maximum absolute atomic E-state index is 12.5. The predicted octanol–water partition coefficient (Wildman–Crippen LogP) is 2.29. The Hall–Kier alpha value is -1.26. The number of carbonyl (C=O) groups is 1. The highest BCUT2D eigenvalue weighted by molar-refractivity contribution is 5.91. The smallest absolute Gasteiger partial charge is 0.171 e. The summed E-state index contributed by atoms with van der Waals surface area (Å²) in [6.07, 6.45) is 3.58. The zero-order valence-corrected chi connectivity index (χ0v) is 13.0. The van der Waals surface area contributed by atoms with Crippen molar-refractivity contribution in [3.63, 3.8) is 0 Å². The molecule has 0 radical (unpaired) electrons. The van der Waals surface area contributed by atoms with Crippen LogP contribution in [-0.2, 0) is 16.1 Å². The highest BCUT2D eigenvalue weighted by Gasteiger charge is 2.53. The van der Waals surface area contributed by atoms with Crippen molar-refractivity contribution in [2.24, 2.45) is 5.92 Å². The molecule has 0 N–H and O–H groups in total. The molecule has 1 fully saturated rings. The van der Waals surface area contributed by atoms with Crippen LogP contribution < -0.4 is 0 Å². The van der Waals surface area contributed by atoms with E-state index < -0.39 is 11.2 Å². The molecule has 1 aromatic rings. The molecule has 2 heterocycles. The van der Waals surface area contributed by atoms with E-state index in [9.17, 15) is 4.79 Å².